The number of amides is 1. The lowest BCUT2D eigenvalue weighted by molar-refractivity contribution is 0.100. The van der Waals surface area contributed by atoms with Crippen LogP contribution in [0.2, 0.25) is 0 Å². The molecule has 0 radical (unpaired) electrons. The van der Waals surface area contributed by atoms with Gasteiger partial charge in [0.1, 0.15) is 11.7 Å². The highest BCUT2D eigenvalue weighted by Gasteiger charge is 2.27. The summed E-state index contributed by atoms with van der Waals surface area (Å²) in [6.45, 7) is 2.13. The maximum absolute atomic E-state index is 11.6. The minimum absolute atomic E-state index is 0.227. The monoisotopic (exact) mass is 346 g/mol. The highest BCUT2D eigenvalue weighted by Crippen LogP contribution is 2.38. The lowest BCUT2D eigenvalue weighted by Gasteiger charge is -2.27. The van der Waals surface area contributed by atoms with E-state index >= 15 is 0 Å². The van der Waals surface area contributed by atoms with Crippen LogP contribution in [-0.2, 0) is 0 Å². The van der Waals surface area contributed by atoms with Crippen molar-refractivity contribution in [1.82, 2.24) is 0 Å². The van der Waals surface area contributed by atoms with E-state index in [0.29, 0.717) is 41.3 Å². The molecule has 3 rings (SSSR count). The van der Waals surface area contributed by atoms with E-state index in [2.05, 4.69) is 6.07 Å². The van der Waals surface area contributed by atoms with E-state index in [1.165, 1.54) is 0 Å². The first-order valence-electron chi connectivity index (χ1n) is 8.06. The highest BCUT2D eigenvalue weighted by molar-refractivity contribution is 6.19. The van der Waals surface area contributed by atoms with Gasteiger partial charge in [0.05, 0.1) is 23.0 Å². The van der Waals surface area contributed by atoms with Crippen molar-refractivity contribution in [3.05, 3.63) is 53.6 Å². The number of nitrogens with zero attached hydrogens (tertiary/aromatic N) is 3. The van der Waals surface area contributed by atoms with Crippen LogP contribution in [-0.4, -0.2) is 24.1 Å². The van der Waals surface area contributed by atoms with E-state index in [9.17, 15) is 4.79 Å². The summed E-state index contributed by atoms with van der Waals surface area (Å²) in [7, 11) is 0. The van der Waals surface area contributed by atoms with Crippen LogP contribution in [0.5, 0.6) is 0 Å². The molecule has 7 heteroatoms. The Hall–Kier alpha value is -3.66. The van der Waals surface area contributed by atoms with Gasteiger partial charge in [0, 0.05) is 24.2 Å². The molecule has 26 heavy (non-hydrogen) atoms. The second kappa shape index (κ2) is 6.69. The van der Waals surface area contributed by atoms with Gasteiger partial charge in [-0.3, -0.25) is 20.5 Å². The maximum atomic E-state index is 11.6. The molecule has 1 aliphatic rings. The molecule has 0 aromatic heterocycles. The van der Waals surface area contributed by atoms with Crippen LogP contribution in [0, 0.1) is 22.1 Å². The summed E-state index contributed by atoms with van der Waals surface area (Å²) in [5.41, 5.74) is 8.53. The van der Waals surface area contributed by atoms with Crippen LogP contribution in [0.3, 0.4) is 0 Å². The molecule has 0 saturated carbocycles. The van der Waals surface area contributed by atoms with Gasteiger partial charge in [0.2, 0.25) is 5.91 Å². The number of carbonyl (C=O) groups excluding carboxylic acids is 1. The van der Waals surface area contributed by atoms with Crippen LogP contribution in [0.4, 0.5) is 17.1 Å². The summed E-state index contributed by atoms with van der Waals surface area (Å²) < 4.78 is 0. The lowest BCUT2D eigenvalue weighted by atomic mass is 10.1. The van der Waals surface area contributed by atoms with Crippen molar-refractivity contribution >= 4 is 34.6 Å². The molecule has 0 atom stereocenters. The number of nitriles is 1. The minimum atomic E-state index is -0.537. The molecule has 0 aliphatic carbocycles. The van der Waals surface area contributed by atoms with Crippen molar-refractivity contribution in [2.45, 2.75) is 13.3 Å². The summed E-state index contributed by atoms with van der Waals surface area (Å²) in [6.07, 6.45) is 0.427. The molecule has 130 valence electrons. The van der Waals surface area contributed by atoms with Crippen molar-refractivity contribution in [3.8, 4) is 6.07 Å². The zero-order valence-electron chi connectivity index (χ0n) is 14.3. The third-order valence-electron chi connectivity index (χ3n) is 4.28. The van der Waals surface area contributed by atoms with Crippen LogP contribution in [0.25, 0.3) is 0 Å². The number of benzene rings is 2. The first-order valence-corrected chi connectivity index (χ1v) is 8.06. The SMILES string of the molecule is CC(=N)N1C(=N)CCN(c2ccc(C#N)cc2)c2cc(C(N)=O)ccc21. The zero-order chi connectivity index (χ0) is 18.8. The number of rotatable bonds is 2. The Bertz CT molecular complexity index is 941. The number of nitrogens with two attached hydrogens (primary N) is 1. The van der Waals surface area contributed by atoms with Crippen LogP contribution in [0.15, 0.2) is 42.5 Å². The molecule has 2 aromatic carbocycles. The predicted molar refractivity (Wildman–Crippen MR) is 101 cm³/mol. The fourth-order valence-electron chi connectivity index (χ4n) is 3.04. The van der Waals surface area contributed by atoms with Gasteiger partial charge >= 0.3 is 0 Å². The van der Waals surface area contributed by atoms with E-state index in [4.69, 9.17) is 21.8 Å². The molecule has 4 N–H and O–H groups in total. The molecule has 0 spiro atoms. The fourth-order valence-corrected chi connectivity index (χ4v) is 3.04. The Balaban J connectivity index is 2.19. The first-order chi connectivity index (χ1) is 12.4. The van der Waals surface area contributed by atoms with E-state index in [0.717, 1.165) is 5.69 Å². The van der Waals surface area contributed by atoms with Crippen molar-refractivity contribution in [2.75, 3.05) is 16.3 Å². The number of anilines is 3. The molecule has 0 bridgehead atoms. The molecule has 0 fully saturated rings. The van der Waals surface area contributed by atoms with Crippen molar-refractivity contribution < 1.29 is 4.79 Å². The first kappa shape index (κ1) is 17.2. The Morgan fingerprint density at radius 3 is 2.46 bits per heavy atom. The van der Waals surface area contributed by atoms with Gasteiger partial charge in [-0.1, -0.05) is 0 Å². The summed E-state index contributed by atoms with van der Waals surface area (Å²) in [4.78, 5) is 15.2. The average molecular weight is 346 g/mol. The molecule has 1 aliphatic heterocycles. The number of hydrogen-bond acceptors (Lipinski definition) is 5. The molecule has 0 unspecified atom stereocenters. The summed E-state index contributed by atoms with van der Waals surface area (Å²) in [6, 6.07) is 14.2. The van der Waals surface area contributed by atoms with Crippen molar-refractivity contribution in [1.29, 1.82) is 16.1 Å². The Morgan fingerprint density at radius 2 is 1.88 bits per heavy atom. The largest absolute Gasteiger partial charge is 0.366 e. The van der Waals surface area contributed by atoms with E-state index in [1.807, 2.05) is 17.0 Å². The number of primary amides is 1. The molecule has 7 nitrogen and oxygen atoms in total. The molecule has 1 amide bonds. The molecular weight excluding hydrogens is 328 g/mol. The molecule has 0 saturated heterocycles. The lowest BCUT2D eigenvalue weighted by Crippen LogP contribution is -2.33. The second-order valence-electron chi connectivity index (χ2n) is 6.00. The Morgan fingerprint density at radius 1 is 1.19 bits per heavy atom. The third kappa shape index (κ3) is 3.00. The number of carbonyl (C=O) groups is 1. The standard InChI is InChI=1S/C19H18N6O/c1-12(21)25-16-7-4-14(19(23)26)10-17(16)24(9-8-18(25)22)15-5-2-13(11-20)3-6-15/h2-7,10,21-22H,8-9H2,1H3,(H2,23,26). The van der Waals surface area contributed by atoms with Gasteiger partial charge in [-0.05, 0) is 49.4 Å². The highest BCUT2D eigenvalue weighted by atomic mass is 16.1. The van der Waals surface area contributed by atoms with Crippen LogP contribution in [0.1, 0.15) is 29.3 Å². The average Bonchev–Trinajstić information content (AvgIpc) is 2.77. The minimum Gasteiger partial charge on any atom is -0.366 e. The van der Waals surface area contributed by atoms with Crippen molar-refractivity contribution in [2.24, 2.45) is 5.73 Å². The molecule has 2 aromatic rings. The maximum Gasteiger partial charge on any atom is 0.248 e. The van der Waals surface area contributed by atoms with Crippen LogP contribution >= 0.6 is 0 Å². The van der Waals surface area contributed by atoms with E-state index in [1.54, 1.807) is 42.2 Å². The number of nitrogens with one attached hydrogen (secondary N) is 2. The summed E-state index contributed by atoms with van der Waals surface area (Å²) >= 11 is 0. The van der Waals surface area contributed by atoms with E-state index < -0.39 is 5.91 Å². The third-order valence-corrected chi connectivity index (χ3v) is 4.28. The van der Waals surface area contributed by atoms with Crippen LogP contribution < -0.4 is 15.5 Å². The number of hydrogen-bond donors (Lipinski definition) is 3. The molecular formula is C19H18N6O. The van der Waals surface area contributed by atoms with Gasteiger partial charge in [-0.25, -0.2) is 0 Å². The Kier molecular flexibility index (Phi) is 4.42. The normalized spacial score (nSPS) is 13.6. The number of amidine groups is 2. The second-order valence-corrected chi connectivity index (χ2v) is 6.00. The zero-order valence-corrected chi connectivity index (χ0v) is 14.3. The predicted octanol–water partition coefficient (Wildman–Crippen LogP) is 2.98. The summed E-state index contributed by atoms with van der Waals surface area (Å²) in [5, 5.41) is 25.4. The Labute approximate surface area is 151 Å². The van der Waals surface area contributed by atoms with Gasteiger partial charge in [-0.2, -0.15) is 5.26 Å². The van der Waals surface area contributed by atoms with E-state index in [-0.39, 0.29) is 5.84 Å². The fraction of sp³-hybridized carbons (Fsp3) is 0.158. The van der Waals surface area contributed by atoms with Crippen molar-refractivity contribution in [3.63, 3.8) is 0 Å². The molecule has 1 heterocycles. The quantitative estimate of drug-likeness (QED) is 0.571. The van der Waals surface area contributed by atoms with Gasteiger partial charge in [0.25, 0.3) is 0 Å². The van der Waals surface area contributed by atoms with Gasteiger partial charge in [0.15, 0.2) is 0 Å². The topological polar surface area (TPSA) is 121 Å². The number of fused-ring (bicyclic) bond motifs is 1. The van der Waals surface area contributed by atoms with Gasteiger partial charge in [-0.15, -0.1) is 0 Å². The smallest absolute Gasteiger partial charge is 0.248 e. The van der Waals surface area contributed by atoms with Gasteiger partial charge < -0.3 is 10.6 Å². The summed E-state index contributed by atoms with van der Waals surface area (Å²) in [5.74, 6) is -0.00324.